The molecule has 3 fully saturated rings. The van der Waals surface area contributed by atoms with E-state index in [0.717, 1.165) is 0 Å². The van der Waals surface area contributed by atoms with E-state index in [1.54, 1.807) is 31.2 Å². The average Bonchev–Trinajstić information content (AvgIpc) is 3.55. The molecule has 0 spiro atoms. The third kappa shape index (κ3) is 3.33. The van der Waals surface area contributed by atoms with Gasteiger partial charge in [0.05, 0.1) is 23.7 Å². The maximum Gasteiger partial charge on any atom is 0.338 e. The molecule has 0 radical (unpaired) electrons. The van der Waals surface area contributed by atoms with Crippen molar-refractivity contribution in [2.24, 2.45) is 29.1 Å². The van der Waals surface area contributed by atoms with Gasteiger partial charge in [0.15, 0.2) is 5.78 Å². The SMILES string of the molecule is C/C1=C\[C@@H]2[C@H](C[C@@H](O)[C@@]3(C)O[C@@H]3[C@H]3[C@@H](OC(=O)c4ccccc4)[C@@H](C)C[C@]3(O)C1=O)C2(C)C. The zero-order valence-electron chi connectivity index (χ0n) is 19.9. The minimum Gasteiger partial charge on any atom is -0.458 e. The molecule has 0 aromatic heterocycles. The molecule has 2 N–H and O–H groups in total. The van der Waals surface area contributed by atoms with E-state index in [0.29, 0.717) is 17.6 Å². The summed E-state index contributed by atoms with van der Waals surface area (Å²) in [6.45, 7) is 9.79. The van der Waals surface area contributed by atoms with E-state index in [1.165, 1.54) is 0 Å². The zero-order valence-corrected chi connectivity index (χ0v) is 19.9. The molecule has 1 aliphatic heterocycles. The number of Topliss-reactive ketones (excluding diaryl/α,β-unsaturated/α-hetero) is 1. The van der Waals surface area contributed by atoms with Crippen LogP contribution in [0.3, 0.4) is 0 Å². The molecule has 9 atom stereocenters. The third-order valence-corrected chi connectivity index (χ3v) is 9.03. The smallest absolute Gasteiger partial charge is 0.338 e. The fraction of sp³-hybridized carbons (Fsp3) is 0.630. The fourth-order valence-electron chi connectivity index (χ4n) is 6.66. The number of epoxide rings is 1. The summed E-state index contributed by atoms with van der Waals surface area (Å²) in [6.07, 6.45) is 0.708. The van der Waals surface area contributed by atoms with E-state index in [-0.39, 0.29) is 35.4 Å². The monoisotopic (exact) mass is 454 g/mol. The average molecular weight is 455 g/mol. The number of rotatable bonds is 2. The van der Waals surface area contributed by atoms with Crippen LogP contribution in [0.15, 0.2) is 42.0 Å². The van der Waals surface area contributed by atoms with Crippen LogP contribution in [0.2, 0.25) is 0 Å². The number of fused-ring (bicyclic) bond motifs is 4. The maximum absolute atomic E-state index is 13.7. The Bertz CT molecular complexity index is 1010. The summed E-state index contributed by atoms with van der Waals surface area (Å²) in [7, 11) is 0. The number of aliphatic hydroxyl groups excluding tert-OH is 1. The normalized spacial score (nSPS) is 47.2. The van der Waals surface area contributed by atoms with Crippen molar-refractivity contribution >= 4 is 11.8 Å². The lowest BCUT2D eigenvalue weighted by molar-refractivity contribution is -0.140. The number of hydrogen-bond acceptors (Lipinski definition) is 6. The van der Waals surface area contributed by atoms with Crippen LogP contribution >= 0.6 is 0 Å². The lowest BCUT2D eigenvalue weighted by Crippen LogP contribution is -2.50. The van der Waals surface area contributed by atoms with Crippen LogP contribution in [-0.4, -0.2) is 51.5 Å². The highest BCUT2D eigenvalue weighted by Gasteiger charge is 2.72. The summed E-state index contributed by atoms with van der Waals surface area (Å²) in [6, 6.07) is 8.71. The number of benzene rings is 1. The summed E-state index contributed by atoms with van der Waals surface area (Å²) in [5.74, 6) is -1.40. The van der Waals surface area contributed by atoms with Gasteiger partial charge in [-0.1, -0.05) is 45.0 Å². The highest BCUT2D eigenvalue weighted by Crippen LogP contribution is 2.64. The summed E-state index contributed by atoms with van der Waals surface area (Å²) in [5.41, 5.74) is -1.67. The molecule has 6 heteroatoms. The second kappa shape index (κ2) is 7.24. The van der Waals surface area contributed by atoms with Gasteiger partial charge in [0.25, 0.3) is 0 Å². The van der Waals surface area contributed by atoms with Gasteiger partial charge in [0, 0.05) is 0 Å². The highest BCUT2D eigenvalue weighted by atomic mass is 16.6. The third-order valence-electron chi connectivity index (χ3n) is 9.03. The van der Waals surface area contributed by atoms with Gasteiger partial charge in [-0.05, 0) is 67.6 Å². The Balaban J connectivity index is 1.53. The molecule has 5 rings (SSSR count). The molecular formula is C27H34O6. The number of ether oxygens (including phenoxy) is 2. The summed E-state index contributed by atoms with van der Waals surface area (Å²) < 4.78 is 12.0. The largest absolute Gasteiger partial charge is 0.458 e. The molecule has 3 aliphatic carbocycles. The van der Waals surface area contributed by atoms with Crippen molar-refractivity contribution in [2.75, 3.05) is 0 Å². The molecule has 0 unspecified atom stereocenters. The Labute approximate surface area is 195 Å². The lowest BCUT2D eigenvalue weighted by atomic mass is 9.77. The van der Waals surface area contributed by atoms with Gasteiger partial charge in [-0.25, -0.2) is 4.79 Å². The van der Waals surface area contributed by atoms with Gasteiger partial charge < -0.3 is 19.7 Å². The molecule has 4 aliphatic rings. The standard InChI is InChI=1S/C27H34O6/c1-14-11-17-18(25(17,3)4)12-19(28)26(5)23(33-26)20-21(15(2)13-27(20,31)22(14)29)32-24(30)16-9-7-6-8-10-16/h6-11,15,17-21,23,28,31H,12-13H2,1-5H3/b14-11+/t15-,17+,18-,19+,20+,21-,23+,26+,27+/m0/s1. The van der Waals surface area contributed by atoms with Gasteiger partial charge >= 0.3 is 5.97 Å². The number of allylic oxidation sites excluding steroid dienone is 1. The van der Waals surface area contributed by atoms with Crippen molar-refractivity contribution in [3.63, 3.8) is 0 Å². The maximum atomic E-state index is 13.7. The van der Waals surface area contributed by atoms with E-state index < -0.39 is 41.4 Å². The number of aliphatic hydroxyl groups is 2. The molecule has 1 heterocycles. The van der Waals surface area contributed by atoms with Gasteiger partial charge in [0.1, 0.15) is 17.3 Å². The first kappa shape index (κ1) is 22.8. The Kier molecular flexibility index (Phi) is 4.99. The van der Waals surface area contributed by atoms with Crippen molar-refractivity contribution in [1.29, 1.82) is 0 Å². The number of carbonyl (C=O) groups excluding carboxylic acids is 2. The lowest BCUT2D eigenvalue weighted by Gasteiger charge is -2.32. The van der Waals surface area contributed by atoms with Crippen molar-refractivity contribution in [1.82, 2.24) is 0 Å². The van der Waals surface area contributed by atoms with Crippen molar-refractivity contribution in [2.45, 2.75) is 77.0 Å². The van der Waals surface area contributed by atoms with Gasteiger partial charge in [-0.3, -0.25) is 4.79 Å². The van der Waals surface area contributed by atoms with E-state index in [9.17, 15) is 19.8 Å². The molecular weight excluding hydrogens is 420 g/mol. The van der Waals surface area contributed by atoms with Gasteiger partial charge in [-0.2, -0.15) is 0 Å². The molecule has 0 amide bonds. The first-order valence-electron chi connectivity index (χ1n) is 12.0. The predicted molar refractivity (Wildman–Crippen MR) is 121 cm³/mol. The molecule has 1 saturated heterocycles. The Morgan fingerprint density at radius 1 is 1.18 bits per heavy atom. The predicted octanol–water partition coefficient (Wildman–Crippen LogP) is 3.31. The number of hydrogen-bond donors (Lipinski definition) is 2. The zero-order chi connectivity index (χ0) is 23.9. The van der Waals surface area contributed by atoms with Crippen LogP contribution in [0.25, 0.3) is 0 Å². The van der Waals surface area contributed by atoms with Crippen LogP contribution in [0.5, 0.6) is 0 Å². The molecule has 2 saturated carbocycles. The van der Waals surface area contributed by atoms with Crippen LogP contribution < -0.4 is 0 Å². The Morgan fingerprint density at radius 2 is 1.85 bits per heavy atom. The Hall–Kier alpha value is -2.02. The molecule has 178 valence electrons. The second-order valence-corrected chi connectivity index (χ2v) is 11.5. The van der Waals surface area contributed by atoms with Gasteiger partial charge in [0.2, 0.25) is 0 Å². The van der Waals surface area contributed by atoms with Crippen molar-refractivity contribution in [3.8, 4) is 0 Å². The first-order chi connectivity index (χ1) is 15.4. The van der Waals surface area contributed by atoms with Crippen LogP contribution in [0, 0.1) is 29.1 Å². The minimum atomic E-state index is -1.72. The number of carbonyl (C=O) groups is 2. The van der Waals surface area contributed by atoms with Crippen molar-refractivity contribution in [3.05, 3.63) is 47.5 Å². The molecule has 6 nitrogen and oxygen atoms in total. The topological polar surface area (TPSA) is 96.4 Å². The van der Waals surface area contributed by atoms with E-state index in [1.807, 2.05) is 26.0 Å². The summed E-state index contributed by atoms with van der Waals surface area (Å²) in [4.78, 5) is 26.6. The van der Waals surface area contributed by atoms with Crippen molar-refractivity contribution < 1.29 is 29.3 Å². The molecule has 0 bridgehead atoms. The first-order valence-corrected chi connectivity index (χ1v) is 12.0. The quantitative estimate of drug-likeness (QED) is 0.526. The molecule has 1 aromatic rings. The Morgan fingerprint density at radius 3 is 2.52 bits per heavy atom. The summed E-state index contributed by atoms with van der Waals surface area (Å²) in [5, 5.41) is 23.0. The number of esters is 1. The van der Waals surface area contributed by atoms with Crippen LogP contribution in [0.4, 0.5) is 0 Å². The van der Waals surface area contributed by atoms with Crippen LogP contribution in [-0.2, 0) is 14.3 Å². The van der Waals surface area contributed by atoms with E-state index in [2.05, 4.69) is 13.8 Å². The van der Waals surface area contributed by atoms with Crippen LogP contribution in [0.1, 0.15) is 57.8 Å². The second-order valence-electron chi connectivity index (χ2n) is 11.5. The van der Waals surface area contributed by atoms with Gasteiger partial charge in [-0.15, -0.1) is 0 Å². The molecule has 33 heavy (non-hydrogen) atoms. The number of ketones is 1. The van der Waals surface area contributed by atoms with E-state index >= 15 is 0 Å². The highest BCUT2D eigenvalue weighted by molar-refractivity contribution is 6.02. The summed E-state index contributed by atoms with van der Waals surface area (Å²) >= 11 is 0. The minimum absolute atomic E-state index is 0.0127. The van der Waals surface area contributed by atoms with E-state index in [4.69, 9.17) is 9.47 Å². The fourth-order valence-corrected chi connectivity index (χ4v) is 6.66. The molecule has 1 aromatic carbocycles.